The molecule has 4 N–H and O–H groups in total. The summed E-state index contributed by atoms with van der Waals surface area (Å²) in [5.74, 6) is 0.409. The molecule has 1 unspecified atom stereocenters. The van der Waals surface area contributed by atoms with E-state index in [0.29, 0.717) is 35.2 Å². The van der Waals surface area contributed by atoms with Crippen molar-refractivity contribution in [1.29, 1.82) is 0 Å². The average Bonchev–Trinajstić information content (AvgIpc) is 3.28. The quantitative estimate of drug-likeness (QED) is 0.540. The van der Waals surface area contributed by atoms with E-state index in [2.05, 4.69) is 21.4 Å². The summed E-state index contributed by atoms with van der Waals surface area (Å²) < 4.78 is 5.19. The summed E-state index contributed by atoms with van der Waals surface area (Å²) in [7, 11) is 0. The zero-order chi connectivity index (χ0) is 19.7. The van der Waals surface area contributed by atoms with Crippen molar-refractivity contribution in [3.63, 3.8) is 0 Å². The van der Waals surface area contributed by atoms with Crippen molar-refractivity contribution < 1.29 is 4.42 Å². The summed E-state index contributed by atoms with van der Waals surface area (Å²) in [4.78, 5) is 19.5. The van der Waals surface area contributed by atoms with E-state index in [4.69, 9.17) is 33.4 Å². The molecule has 0 spiro atoms. The summed E-state index contributed by atoms with van der Waals surface area (Å²) in [6.45, 7) is 0.588. The molecule has 0 fully saturated rings. The van der Waals surface area contributed by atoms with Crippen molar-refractivity contribution in [1.82, 2.24) is 9.97 Å². The minimum atomic E-state index is -0.419. The molecule has 2 aromatic heterocycles. The molecule has 0 bridgehead atoms. The molecule has 0 saturated carbocycles. The summed E-state index contributed by atoms with van der Waals surface area (Å²) >= 11 is 13.6. The predicted octanol–water partition coefficient (Wildman–Crippen LogP) is 4.07. The van der Waals surface area contributed by atoms with E-state index in [1.165, 1.54) is 0 Å². The highest BCUT2D eigenvalue weighted by Gasteiger charge is 2.21. The molecule has 0 radical (unpaired) electrons. The molecule has 0 aliphatic heterocycles. The Kier molecular flexibility index (Phi) is 5.59. The number of anilines is 1. The molecule has 0 amide bonds. The van der Waals surface area contributed by atoms with Gasteiger partial charge in [-0.25, -0.2) is 9.78 Å². The zero-order valence-corrected chi connectivity index (χ0v) is 17.1. The van der Waals surface area contributed by atoms with Gasteiger partial charge in [-0.05, 0) is 30.2 Å². The van der Waals surface area contributed by atoms with E-state index < -0.39 is 5.76 Å². The molecule has 4 rings (SSSR count). The summed E-state index contributed by atoms with van der Waals surface area (Å²) in [6.07, 6.45) is 7.11. The van der Waals surface area contributed by atoms with Crippen LogP contribution in [0.5, 0.6) is 0 Å². The standard InChI is InChI=1S/C19H18Cl2N4O2S/c20-13-3-1-10(6-14(13)21)5-12(22)8-23-18-24-9-17(28-18)11-2-4-15-16(7-11)27-19(26)25-15/h1-4,6,9,11-12H,5,7-8,22H2,(H,23,24)(H,25,26)/t11?,12-/m0/s1. The number of halogens is 2. The lowest BCUT2D eigenvalue weighted by molar-refractivity contribution is 0.461. The summed E-state index contributed by atoms with van der Waals surface area (Å²) in [5.41, 5.74) is 8.02. The number of allylic oxidation sites excluding steroid dienone is 1. The third kappa shape index (κ3) is 4.33. The Morgan fingerprint density at radius 2 is 2.25 bits per heavy atom. The summed E-state index contributed by atoms with van der Waals surface area (Å²) in [5, 5.41) is 5.18. The number of nitrogens with one attached hydrogen (secondary N) is 2. The van der Waals surface area contributed by atoms with Gasteiger partial charge < -0.3 is 15.5 Å². The average molecular weight is 437 g/mol. The molecule has 0 saturated heterocycles. The fourth-order valence-electron chi connectivity index (χ4n) is 3.13. The number of oxazole rings is 1. The number of aromatic amines is 1. The highest BCUT2D eigenvalue weighted by atomic mass is 35.5. The van der Waals surface area contributed by atoms with Gasteiger partial charge in [0.05, 0.1) is 15.7 Å². The topological polar surface area (TPSA) is 96.9 Å². The Morgan fingerprint density at radius 3 is 3.07 bits per heavy atom. The van der Waals surface area contributed by atoms with Gasteiger partial charge in [-0.3, -0.25) is 4.98 Å². The molecule has 9 heteroatoms. The lowest BCUT2D eigenvalue weighted by atomic mass is 9.96. The van der Waals surface area contributed by atoms with Crippen LogP contribution >= 0.6 is 34.5 Å². The summed E-state index contributed by atoms with van der Waals surface area (Å²) in [6, 6.07) is 5.46. The van der Waals surface area contributed by atoms with E-state index in [1.54, 1.807) is 17.4 Å². The number of fused-ring (bicyclic) bond motifs is 1. The largest absolute Gasteiger partial charge is 0.416 e. The molecule has 1 aliphatic rings. The Balaban J connectivity index is 1.33. The first kappa shape index (κ1) is 19.3. The molecule has 3 aromatic rings. The molecule has 6 nitrogen and oxygen atoms in total. The number of nitrogens with two attached hydrogens (primary N) is 1. The molecule has 1 aromatic carbocycles. The van der Waals surface area contributed by atoms with Gasteiger partial charge in [0.1, 0.15) is 5.76 Å². The lowest BCUT2D eigenvalue weighted by Crippen LogP contribution is -2.31. The first-order valence-electron chi connectivity index (χ1n) is 8.77. The second-order valence-electron chi connectivity index (χ2n) is 6.68. The van der Waals surface area contributed by atoms with Crippen LogP contribution in [0.2, 0.25) is 10.0 Å². The molecule has 1 aliphatic carbocycles. The third-order valence-electron chi connectivity index (χ3n) is 4.54. The van der Waals surface area contributed by atoms with Gasteiger partial charge in [-0.1, -0.05) is 35.3 Å². The fraction of sp³-hybridized carbons (Fsp3) is 0.263. The SMILES string of the molecule is N[C@H](CNc1ncc(C2C=Cc3[nH]c(=O)oc3C2)s1)Cc1ccc(Cl)c(Cl)c1. The van der Waals surface area contributed by atoms with Crippen LogP contribution < -0.4 is 16.8 Å². The molecule has 146 valence electrons. The zero-order valence-electron chi connectivity index (χ0n) is 14.7. The van der Waals surface area contributed by atoms with Gasteiger partial charge >= 0.3 is 5.76 Å². The van der Waals surface area contributed by atoms with Crippen molar-refractivity contribution in [2.45, 2.75) is 24.8 Å². The van der Waals surface area contributed by atoms with Crippen LogP contribution in [-0.4, -0.2) is 22.6 Å². The van der Waals surface area contributed by atoms with Crippen LogP contribution in [0, 0.1) is 0 Å². The van der Waals surface area contributed by atoms with Crippen LogP contribution in [0.4, 0.5) is 5.13 Å². The van der Waals surface area contributed by atoms with E-state index in [0.717, 1.165) is 21.3 Å². The molecule has 2 atom stereocenters. The van der Waals surface area contributed by atoms with Gasteiger partial charge in [-0.2, -0.15) is 0 Å². The maximum atomic E-state index is 11.3. The van der Waals surface area contributed by atoms with Crippen LogP contribution in [0.15, 0.2) is 39.7 Å². The Morgan fingerprint density at radius 1 is 1.39 bits per heavy atom. The number of rotatable bonds is 6. The number of hydrogen-bond donors (Lipinski definition) is 3. The van der Waals surface area contributed by atoms with Crippen molar-refractivity contribution in [3.8, 4) is 0 Å². The van der Waals surface area contributed by atoms with Gasteiger partial charge in [0.25, 0.3) is 0 Å². The molecular formula is C19H18Cl2N4O2S. The lowest BCUT2D eigenvalue weighted by Gasteiger charge is -2.13. The Hall–Kier alpha value is -2.06. The van der Waals surface area contributed by atoms with Crippen molar-refractivity contribution >= 4 is 45.7 Å². The van der Waals surface area contributed by atoms with Crippen LogP contribution in [0.3, 0.4) is 0 Å². The normalized spacial score (nSPS) is 16.8. The number of thiazole rings is 1. The minimum Gasteiger partial charge on any atom is -0.412 e. The van der Waals surface area contributed by atoms with Crippen LogP contribution in [-0.2, 0) is 12.8 Å². The maximum Gasteiger partial charge on any atom is 0.416 e. The fourth-order valence-corrected chi connectivity index (χ4v) is 4.36. The van der Waals surface area contributed by atoms with E-state index in [1.807, 2.05) is 24.4 Å². The van der Waals surface area contributed by atoms with Gasteiger partial charge in [0.2, 0.25) is 0 Å². The number of nitrogens with zero attached hydrogens (tertiary/aromatic N) is 1. The smallest absolute Gasteiger partial charge is 0.412 e. The monoisotopic (exact) mass is 436 g/mol. The Labute approximate surface area is 175 Å². The van der Waals surface area contributed by atoms with Crippen molar-refractivity contribution in [3.05, 3.63) is 73.0 Å². The Bertz CT molecular complexity index is 1070. The van der Waals surface area contributed by atoms with E-state index in [9.17, 15) is 4.79 Å². The number of hydrogen-bond acceptors (Lipinski definition) is 6. The van der Waals surface area contributed by atoms with Gasteiger partial charge in [0, 0.05) is 36.0 Å². The molecular weight excluding hydrogens is 419 g/mol. The second-order valence-corrected chi connectivity index (χ2v) is 8.56. The molecule has 2 heterocycles. The van der Waals surface area contributed by atoms with E-state index >= 15 is 0 Å². The number of aromatic nitrogens is 2. The first-order chi connectivity index (χ1) is 13.5. The van der Waals surface area contributed by atoms with Crippen LogP contribution in [0.1, 0.15) is 27.8 Å². The van der Waals surface area contributed by atoms with Crippen LogP contribution in [0.25, 0.3) is 6.08 Å². The number of H-pyrrole nitrogens is 1. The second kappa shape index (κ2) is 8.13. The van der Waals surface area contributed by atoms with Crippen molar-refractivity contribution in [2.75, 3.05) is 11.9 Å². The predicted molar refractivity (Wildman–Crippen MR) is 114 cm³/mol. The maximum absolute atomic E-state index is 11.3. The van der Waals surface area contributed by atoms with Gasteiger partial charge in [-0.15, -0.1) is 11.3 Å². The minimum absolute atomic E-state index is 0.0872. The van der Waals surface area contributed by atoms with Crippen molar-refractivity contribution in [2.24, 2.45) is 5.73 Å². The highest BCUT2D eigenvalue weighted by Crippen LogP contribution is 2.33. The molecule has 28 heavy (non-hydrogen) atoms. The van der Waals surface area contributed by atoms with E-state index in [-0.39, 0.29) is 12.0 Å². The van der Waals surface area contributed by atoms with Gasteiger partial charge in [0.15, 0.2) is 5.13 Å². The first-order valence-corrected chi connectivity index (χ1v) is 10.3. The number of benzene rings is 1. The third-order valence-corrected chi connectivity index (χ3v) is 6.37. The highest BCUT2D eigenvalue weighted by molar-refractivity contribution is 7.15.